The van der Waals surface area contributed by atoms with Gasteiger partial charge in [-0.25, -0.2) is 4.98 Å². The van der Waals surface area contributed by atoms with E-state index >= 15 is 0 Å². The van der Waals surface area contributed by atoms with E-state index in [1.165, 1.54) is 22.2 Å². The summed E-state index contributed by atoms with van der Waals surface area (Å²) in [6.07, 6.45) is 3.09. The van der Waals surface area contributed by atoms with Crippen LogP contribution in [0.15, 0.2) is 34.2 Å². The molecule has 27 heavy (non-hydrogen) atoms. The standard InChI is InChI=1S/C20H21N3O2S2/c1-12-7-9-13(10-8-12)23-19(25)17-14-5-4-6-15(14)27-18(17)21-20(23)26-11-16(24)22(2)3/h7-10H,4-6,11H2,1-3H3. The number of aromatic nitrogens is 2. The topological polar surface area (TPSA) is 55.2 Å². The number of hydrogen-bond donors (Lipinski definition) is 0. The van der Waals surface area contributed by atoms with Gasteiger partial charge in [0.2, 0.25) is 5.91 Å². The van der Waals surface area contributed by atoms with Gasteiger partial charge in [0.05, 0.1) is 16.8 Å². The van der Waals surface area contributed by atoms with Gasteiger partial charge >= 0.3 is 0 Å². The molecule has 0 radical (unpaired) electrons. The maximum Gasteiger partial charge on any atom is 0.267 e. The maximum atomic E-state index is 13.5. The number of fused-ring (bicyclic) bond motifs is 3. The number of amides is 1. The highest BCUT2D eigenvalue weighted by Crippen LogP contribution is 2.36. The molecule has 1 aliphatic carbocycles. The van der Waals surface area contributed by atoms with Crippen molar-refractivity contribution >= 4 is 39.2 Å². The van der Waals surface area contributed by atoms with Crippen molar-refractivity contribution in [1.29, 1.82) is 0 Å². The van der Waals surface area contributed by atoms with E-state index in [2.05, 4.69) is 0 Å². The number of thioether (sulfide) groups is 1. The second-order valence-corrected chi connectivity index (χ2v) is 9.01. The van der Waals surface area contributed by atoms with Crippen molar-refractivity contribution in [3.8, 4) is 5.69 Å². The van der Waals surface area contributed by atoms with E-state index in [1.54, 1.807) is 34.9 Å². The molecule has 7 heteroatoms. The molecule has 1 aromatic carbocycles. The molecular formula is C20H21N3O2S2. The lowest BCUT2D eigenvalue weighted by atomic mass is 10.2. The molecule has 0 bridgehead atoms. The predicted octanol–water partition coefficient (Wildman–Crippen LogP) is 3.42. The number of rotatable bonds is 4. The number of hydrogen-bond acceptors (Lipinski definition) is 5. The van der Waals surface area contributed by atoms with Gasteiger partial charge in [-0.2, -0.15) is 0 Å². The fourth-order valence-electron chi connectivity index (χ4n) is 3.30. The Morgan fingerprint density at radius 2 is 2.00 bits per heavy atom. The predicted molar refractivity (Wildman–Crippen MR) is 111 cm³/mol. The Morgan fingerprint density at radius 1 is 1.26 bits per heavy atom. The molecule has 2 aromatic heterocycles. The number of thiophene rings is 1. The first-order valence-electron chi connectivity index (χ1n) is 8.93. The summed E-state index contributed by atoms with van der Waals surface area (Å²) in [6, 6.07) is 7.86. The third-order valence-electron chi connectivity index (χ3n) is 4.82. The summed E-state index contributed by atoms with van der Waals surface area (Å²) in [7, 11) is 3.47. The maximum absolute atomic E-state index is 13.5. The average molecular weight is 400 g/mol. The first kappa shape index (κ1) is 18.3. The molecule has 140 valence electrons. The van der Waals surface area contributed by atoms with Crippen molar-refractivity contribution in [3.05, 3.63) is 50.6 Å². The van der Waals surface area contributed by atoms with E-state index in [0.717, 1.165) is 40.7 Å². The van der Waals surface area contributed by atoms with Crippen LogP contribution >= 0.6 is 23.1 Å². The van der Waals surface area contributed by atoms with Gasteiger partial charge in [0, 0.05) is 19.0 Å². The second kappa shape index (κ2) is 7.13. The molecule has 0 atom stereocenters. The van der Waals surface area contributed by atoms with E-state index < -0.39 is 0 Å². The van der Waals surface area contributed by atoms with E-state index in [9.17, 15) is 9.59 Å². The molecule has 0 N–H and O–H groups in total. The Morgan fingerprint density at radius 3 is 2.70 bits per heavy atom. The van der Waals surface area contributed by atoms with Gasteiger partial charge in [0.25, 0.3) is 5.56 Å². The van der Waals surface area contributed by atoms with Crippen LogP contribution in [0.3, 0.4) is 0 Å². The summed E-state index contributed by atoms with van der Waals surface area (Å²) in [5.41, 5.74) is 3.07. The van der Waals surface area contributed by atoms with Crippen LogP contribution < -0.4 is 5.56 Å². The normalized spacial score (nSPS) is 13.1. The molecular weight excluding hydrogens is 378 g/mol. The molecule has 0 saturated heterocycles. The number of nitrogens with zero attached hydrogens (tertiary/aromatic N) is 3. The number of carbonyl (C=O) groups excluding carboxylic acids is 1. The molecule has 5 nitrogen and oxygen atoms in total. The van der Waals surface area contributed by atoms with E-state index in [4.69, 9.17) is 4.98 Å². The molecule has 0 spiro atoms. The zero-order chi connectivity index (χ0) is 19.1. The highest BCUT2D eigenvalue weighted by atomic mass is 32.2. The smallest absolute Gasteiger partial charge is 0.267 e. The van der Waals surface area contributed by atoms with Gasteiger partial charge < -0.3 is 4.90 Å². The van der Waals surface area contributed by atoms with Crippen LogP contribution in [0, 0.1) is 6.92 Å². The van der Waals surface area contributed by atoms with Crippen LogP contribution in [0.5, 0.6) is 0 Å². The van der Waals surface area contributed by atoms with Crippen LogP contribution in [-0.2, 0) is 17.6 Å². The minimum absolute atomic E-state index is 0.00141. The quantitative estimate of drug-likeness (QED) is 0.498. The van der Waals surface area contributed by atoms with E-state index in [1.807, 2.05) is 31.2 Å². The summed E-state index contributed by atoms with van der Waals surface area (Å²) >= 11 is 2.95. The molecule has 0 fully saturated rings. The summed E-state index contributed by atoms with van der Waals surface area (Å²) in [6.45, 7) is 2.02. The monoisotopic (exact) mass is 399 g/mol. The zero-order valence-electron chi connectivity index (χ0n) is 15.6. The summed E-state index contributed by atoms with van der Waals surface area (Å²) in [5.74, 6) is 0.250. The molecule has 3 aromatic rings. The van der Waals surface area contributed by atoms with Crippen molar-refractivity contribution in [2.75, 3.05) is 19.8 Å². The second-order valence-electron chi connectivity index (χ2n) is 6.98. The first-order chi connectivity index (χ1) is 13.0. The molecule has 4 rings (SSSR count). The van der Waals surface area contributed by atoms with Crippen molar-refractivity contribution < 1.29 is 4.79 Å². The Labute approximate surface area is 166 Å². The molecule has 0 saturated carbocycles. The Bertz CT molecular complexity index is 1080. The minimum atomic E-state index is -0.0249. The fraction of sp³-hybridized carbons (Fsp3) is 0.350. The van der Waals surface area contributed by atoms with Crippen molar-refractivity contribution in [2.24, 2.45) is 0 Å². The van der Waals surface area contributed by atoms with Gasteiger partial charge in [0.15, 0.2) is 5.16 Å². The van der Waals surface area contributed by atoms with Gasteiger partial charge in [0.1, 0.15) is 4.83 Å². The van der Waals surface area contributed by atoms with Crippen molar-refractivity contribution in [2.45, 2.75) is 31.3 Å². The molecule has 0 aliphatic heterocycles. The largest absolute Gasteiger partial charge is 0.348 e. The highest BCUT2D eigenvalue weighted by Gasteiger charge is 2.24. The van der Waals surface area contributed by atoms with E-state index in [-0.39, 0.29) is 17.2 Å². The minimum Gasteiger partial charge on any atom is -0.348 e. The SMILES string of the molecule is Cc1ccc(-n2c(SCC(=O)N(C)C)nc3sc4c(c3c2=O)CCC4)cc1. The summed E-state index contributed by atoms with van der Waals surface area (Å²) in [5, 5.41) is 1.34. The lowest BCUT2D eigenvalue weighted by Crippen LogP contribution is -2.25. The number of carbonyl (C=O) groups is 1. The van der Waals surface area contributed by atoms with Gasteiger partial charge in [-0.3, -0.25) is 14.2 Å². The molecule has 2 heterocycles. The van der Waals surface area contributed by atoms with Gasteiger partial charge in [-0.1, -0.05) is 29.5 Å². The third kappa shape index (κ3) is 3.30. The van der Waals surface area contributed by atoms with Gasteiger partial charge in [-0.05, 0) is 43.9 Å². The molecule has 1 aliphatic rings. The van der Waals surface area contributed by atoms with Crippen LogP contribution in [0.25, 0.3) is 15.9 Å². The zero-order valence-corrected chi connectivity index (χ0v) is 17.2. The molecule has 1 amide bonds. The lowest BCUT2D eigenvalue weighted by Gasteiger charge is -2.14. The van der Waals surface area contributed by atoms with Crippen LogP contribution in [0.4, 0.5) is 0 Å². The Kier molecular flexibility index (Phi) is 4.82. The Balaban J connectivity index is 1.89. The highest BCUT2D eigenvalue weighted by molar-refractivity contribution is 7.99. The number of aryl methyl sites for hydroxylation is 3. The van der Waals surface area contributed by atoms with E-state index in [0.29, 0.717) is 5.16 Å². The van der Waals surface area contributed by atoms with Crippen LogP contribution in [0.2, 0.25) is 0 Å². The third-order valence-corrected chi connectivity index (χ3v) is 6.93. The average Bonchev–Trinajstić information content (AvgIpc) is 3.21. The van der Waals surface area contributed by atoms with Crippen LogP contribution in [-0.4, -0.2) is 40.2 Å². The summed E-state index contributed by atoms with van der Waals surface area (Å²) in [4.78, 5) is 34.0. The first-order valence-corrected chi connectivity index (χ1v) is 10.7. The van der Waals surface area contributed by atoms with Crippen molar-refractivity contribution in [1.82, 2.24) is 14.5 Å². The van der Waals surface area contributed by atoms with Gasteiger partial charge in [-0.15, -0.1) is 11.3 Å². The lowest BCUT2D eigenvalue weighted by molar-refractivity contribution is -0.125. The fourth-order valence-corrected chi connectivity index (χ4v) is 5.59. The molecule has 0 unspecified atom stereocenters. The Hall–Kier alpha value is -2.12. The number of benzene rings is 1. The van der Waals surface area contributed by atoms with Crippen LogP contribution in [0.1, 0.15) is 22.4 Å². The van der Waals surface area contributed by atoms with Crippen molar-refractivity contribution in [3.63, 3.8) is 0 Å². The summed E-state index contributed by atoms with van der Waals surface area (Å²) < 4.78 is 1.67.